The van der Waals surface area contributed by atoms with E-state index in [2.05, 4.69) is 27.0 Å². The van der Waals surface area contributed by atoms with E-state index in [9.17, 15) is 0 Å². The Morgan fingerprint density at radius 2 is 2.15 bits per heavy atom. The van der Waals surface area contributed by atoms with Crippen molar-refractivity contribution in [2.24, 2.45) is 0 Å². The number of hydrogen-bond donors (Lipinski definition) is 0. The highest BCUT2D eigenvalue weighted by molar-refractivity contribution is 9.08. The number of halogens is 1. The standard InChI is InChI=1S/C15H13BrN2O2/c1-19-13-4-5-15(12(7-13)8-16)20-10-11-3-2-6-18-14(11)9-17/h2-7H,8,10H2,1H3. The summed E-state index contributed by atoms with van der Waals surface area (Å²) in [6.07, 6.45) is 1.60. The van der Waals surface area contributed by atoms with Gasteiger partial charge in [-0.05, 0) is 24.3 Å². The van der Waals surface area contributed by atoms with Gasteiger partial charge in [0.15, 0.2) is 0 Å². The van der Waals surface area contributed by atoms with Crippen LogP contribution in [0.4, 0.5) is 0 Å². The summed E-state index contributed by atoms with van der Waals surface area (Å²) in [5.74, 6) is 1.54. The molecule has 0 bridgehead atoms. The number of nitriles is 1. The maximum Gasteiger partial charge on any atom is 0.147 e. The first-order valence-corrected chi connectivity index (χ1v) is 7.10. The van der Waals surface area contributed by atoms with Crippen LogP contribution in [0.5, 0.6) is 11.5 Å². The Kier molecular flexibility index (Phi) is 4.97. The number of ether oxygens (including phenoxy) is 2. The van der Waals surface area contributed by atoms with Gasteiger partial charge in [0.1, 0.15) is 29.9 Å². The predicted molar refractivity (Wildman–Crippen MR) is 78.9 cm³/mol. The second-order valence-electron chi connectivity index (χ2n) is 4.02. The molecule has 1 heterocycles. The number of hydrogen-bond acceptors (Lipinski definition) is 4. The zero-order valence-corrected chi connectivity index (χ0v) is 12.6. The van der Waals surface area contributed by atoms with Crippen LogP contribution in [0.2, 0.25) is 0 Å². The molecule has 0 unspecified atom stereocenters. The fraction of sp³-hybridized carbons (Fsp3) is 0.200. The Morgan fingerprint density at radius 1 is 1.30 bits per heavy atom. The molecule has 0 fully saturated rings. The zero-order valence-electron chi connectivity index (χ0n) is 11.0. The average Bonchev–Trinajstić information content (AvgIpc) is 2.52. The summed E-state index contributed by atoms with van der Waals surface area (Å²) < 4.78 is 11.0. The summed E-state index contributed by atoms with van der Waals surface area (Å²) in [5.41, 5.74) is 2.15. The number of alkyl halides is 1. The van der Waals surface area contributed by atoms with Crippen LogP contribution in [-0.2, 0) is 11.9 Å². The van der Waals surface area contributed by atoms with Crippen LogP contribution in [0.3, 0.4) is 0 Å². The van der Waals surface area contributed by atoms with Crippen molar-refractivity contribution >= 4 is 15.9 Å². The van der Waals surface area contributed by atoms with E-state index >= 15 is 0 Å². The minimum Gasteiger partial charge on any atom is -0.497 e. The third kappa shape index (κ3) is 3.28. The number of pyridine rings is 1. The largest absolute Gasteiger partial charge is 0.497 e. The zero-order chi connectivity index (χ0) is 14.4. The van der Waals surface area contributed by atoms with Crippen molar-refractivity contribution < 1.29 is 9.47 Å². The van der Waals surface area contributed by atoms with Crippen molar-refractivity contribution in [1.82, 2.24) is 4.98 Å². The molecule has 0 aliphatic rings. The Balaban J connectivity index is 2.17. The first-order valence-electron chi connectivity index (χ1n) is 5.98. The van der Waals surface area contributed by atoms with Crippen LogP contribution in [0, 0.1) is 11.3 Å². The predicted octanol–water partition coefficient (Wildman–Crippen LogP) is 3.44. The van der Waals surface area contributed by atoms with Gasteiger partial charge in [-0.3, -0.25) is 0 Å². The molecule has 20 heavy (non-hydrogen) atoms. The summed E-state index contributed by atoms with van der Waals surface area (Å²) in [6, 6.07) is 11.3. The normalized spacial score (nSPS) is 9.85. The molecule has 2 rings (SSSR count). The molecular formula is C15H13BrN2O2. The van der Waals surface area contributed by atoms with Crippen LogP contribution >= 0.6 is 15.9 Å². The second-order valence-corrected chi connectivity index (χ2v) is 4.58. The number of rotatable bonds is 5. The summed E-state index contributed by atoms with van der Waals surface area (Å²) in [7, 11) is 1.63. The van der Waals surface area contributed by atoms with E-state index in [1.54, 1.807) is 19.4 Å². The summed E-state index contributed by atoms with van der Waals surface area (Å²) >= 11 is 3.43. The van der Waals surface area contributed by atoms with Gasteiger partial charge in [-0.25, -0.2) is 4.98 Å². The smallest absolute Gasteiger partial charge is 0.147 e. The third-order valence-electron chi connectivity index (χ3n) is 2.79. The SMILES string of the molecule is COc1ccc(OCc2cccnc2C#N)c(CBr)c1. The molecule has 0 saturated carbocycles. The van der Waals surface area contributed by atoms with Crippen LogP contribution in [-0.4, -0.2) is 12.1 Å². The molecule has 1 aromatic carbocycles. The lowest BCUT2D eigenvalue weighted by molar-refractivity contribution is 0.302. The lowest BCUT2D eigenvalue weighted by Gasteiger charge is -2.12. The minimum atomic E-state index is 0.309. The van der Waals surface area contributed by atoms with Crippen molar-refractivity contribution in [3.8, 4) is 17.6 Å². The molecule has 0 radical (unpaired) electrons. The van der Waals surface area contributed by atoms with E-state index < -0.39 is 0 Å². The molecule has 0 N–H and O–H groups in total. The first kappa shape index (κ1) is 14.4. The van der Waals surface area contributed by atoms with Crippen molar-refractivity contribution in [3.63, 3.8) is 0 Å². The molecule has 0 aliphatic carbocycles. The van der Waals surface area contributed by atoms with E-state index in [0.29, 0.717) is 17.6 Å². The van der Waals surface area contributed by atoms with Gasteiger partial charge in [0, 0.05) is 22.7 Å². The topological polar surface area (TPSA) is 55.1 Å². The van der Waals surface area contributed by atoms with Crippen molar-refractivity contribution in [2.45, 2.75) is 11.9 Å². The highest BCUT2D eigenvalue weighted by Crippen LogP contribution is 2.27. The van der Waals surface area contributed by atoms with Gasteiger partial charge < -0.3 is 9.47 Å². The van der Waals surface area contributed by atoms with Gasteiger partial charge in [-0.2, -0.15) is 5.26 Å². The molecular weight excluding hydrogens is 320 g/mol. The monoisotopic (exact) mass is 332 g/mol. The Hall–Kier alpha value is -2.06. The molecule has 1 aromatic heterocycles. The number of methoxy groups -OCH3 is 1. The van der Waals surface area contributed by atoms with Gasteiger partial charge in [-0.15, -0.1) is 0 Å². The second kappa shape index (κ2) is 6.92. The molecule has 0 amide bonds. The van der Waals surface area contributed by atoms with E-state index in [1.165, 1.54) is 0 Å². The van der Waals surface area contributed by atoms with Gasteiger partial charge in [0.05, 0.1) is 7.11 Å². The van der Waals surface area contributed by atoms with Crippen molar-refractivity contribution in [2.75, 3.05) is 7.11 Å². The first-order chi connectivity index (χ1) is 9.78. The Bertz CT molecular complexity index is 638. The summed E-state index contributed by atoms with van der Waals surface area (Å²) in [6.45, 7) is 0.309. The highest BCUT2D eigenvalue weighted by Gasteiger charge is 2.07. The molecule has 102 valence electrons. The summed E-state index contributed by atoms with van der Waals surface area (Å²) in [5, 5.41) is 9.66. The number of aromatic nitrogens is 1. The van der Waals surface area contributed by atoms with Crippen LogP contribution < -0.4 is 9.47 Å². The molecule has 0 spiro atoms. The molecule has 2 aromatic rings. The van der Waals surface area contributed by atoms with Gasteiger partial charge in [0.2, 0.25) is 0 Å². The van der Waals surface area contributed by atoms with Crippen molar-refractivity contribution in [3.05, 3.63) is 53.3 Å². The fourth-order valence-corrected chi connectivity index (χ4v) is 2.18. The van der Waals surface area contributed by atoms with E-state index in [1.807, 2.05) is 24.3 Å². The maximum absolute atomic E-state index is 8.99. The highest BCUT2D eigenvalue weighted by atomic mass is 79.9. The lowest BCUT2D eigenvalue weighted by Crippen LogP contribution is -2.01. The lowest BCUT2D eigenvalue weighted by atomic mass is 10.2. The van der Waals surface area contributed by atoms with Crippen LogP contribution in [0.25, 0.3) is 0 Å². The molecule has 0 atom stereocenters. The third-order valence-corrected chi connectivity index (χ3v) is 3.40. The summed E-state index contributed by atoms with van der Waals surface area (Å²) in [4.78, 5) is 4.01. The van der Waals surface area contributed by atoms with Gasteiger partial charge >= 0.3 is 0 Å². The number of benzene rings is 1. The molecule has 4 nitrogen and oxygen atoms in total. The fourth-order valence-electron chi connectivity index (χ4n) is 1.74. The van der Waals surface area contributed by atoms with E-state index in [-0.39, 0.29) is 0 Å². The molecule has 0 saturated heterocycles. The Morgan fingerprint density at radius 3 is 2.85 bits per heavy atom. The quantitative estimate of drug-likeness (QED) is 0.787. The van der Waals surface area contributed by atoms with Gasteiger partial charge in [0.25, 0.3) is 0 Å². The van der Waals surface area contributed by atoms with Gasteiger partial charge in [-0.1, -0.05) is 22.0 Å². The minimum absolute atomic E-state index is 0.309. The molecule has 5 heteroatoms. The van der Waals surface area contributed by atoms with Crippen molar-refractivity contribution in [1.29, 1.82) is 5.26 Å². The average molecular weight is 333 g/mol. The molecule has 0 aliphatic heterocycles. The number of nitrogens with zero attached hydrogens (tertiary/aromatic N) is 2. The maximum atomic E-state index is 8.99. The van der Waals surface area contributed by atoms with Crippen LogP contribution in [0.15, 0.2) is 36.5 Å². The van der Waals surface area contributed by atoms with Crippen LogP contribution in [0.1, 0.15) is 16.8 Å². The van der Waals surface area contributed by atoms with E-state index in [4.69, 9.17) is 14.7 Å². The Labute approximate surface area is 126 Å². The van der Waals surface area contributed by atoms with E-state index in [0.717, 1.165) is 22.6 Å².